The van der Waals surface area contributed by atoms with Gasteiger partial charge in [0.1, 0.15) is 0 Å². The fraction of sp³-hybridized carbons (Fsp3) is 0.176. The van der Waals surface area contributed by atoms with Crippen LogP contribution in [0.25, 0.3) is 0 Å². The van der Waals surface area contributed by atoms with Crippen LogP contribution in [0.3, 0.4) is 0 Å². The van der Waals surface area contributed by atoms with Gasteiger partial charge in [-0.05, 0) is 30.3 Å². The predicted octanol–water partition coefficient (Wildman–Crippen LogP) is 2.74. The molecular weight excluding hydrogens is 298 g/mol. The summed E-state index contributed by atoms with van der Waals surface area (Å²) in [7, 11) is 4.30. The number of ether oxygens (including phenoxy) is 3. The second-order valence-electron chi connectivity index (χ2n) is 4.56. The largest absolute Gasteiger partial charge is 0.493 e. The van der Waals surface area contributed by atoms with Crippen molar-refractivity contribution in [1.29, 1.82) is 0 Å². The molecule has 6 nitrogen and oxygen atoms in total. The number of carbonyl (C=O) groups excluding carboxylic acids is 2. The molecule has 0 radical (unpaired) electrons. The number of nitrogens with one attached hydrogen (secondary N) is 1. The van der Waals surface area contributed by atoms with Crippen molar-refractivity contribution in [3.63, 3.8) is 0 Å². The molecule has 0 atom stereocenters. The van der Waals surface area contributed by atoms with E-state index in [0.29, 0.717) is 22.7 Å². The van der Waals surface area contributed by atoms with Crippen LogP contribution in [0.1, 0.15) is 20.7 Å². The summed E-state index contributed by atoms with van der Waals surface area (Å²) >= 11 is 0. The van der Waals surface area contributed by atoms with Crippen molar-refractivity contribution in [3.05, 3.63) is 53.6 Å². The van der Waals surface area contributed by atoms with E-state index in [4.69, 9.17) is 14.2 Å². The van der Waals surface area contributed by atoms with E-state index in [0.717, 1.165) is 0 Å². The first-order valence-corrected chi connectivity index (χ1v) is 6.81. The zero-order valence-corrected chi connectivity index (χ0v) is 13.1. The van der Waals surface area contributed by atoms with Crippen LogP contribution in [0.5, 0.6) is 11.5 Å². The van der Waals surface area contributed by atoms with Gasteiger partial charge in [0.2, 0.25) is 0 Å². The van der Waals surface area contributed by atoms with Crippen molar-refractivity contribution in [2.45, 2.75) is 0 Å². The van der Waals surface area contributed by atoms with Crippen molar-refractivity contribution in [1.82, 2.24) is 0 Å². The topological polar surface area (TPSA) is 73.9 Å². The van der Waals surface area contributed by atoms with Crippen LogP contribution in [0.15, 0.2) is 42.5 Å². The number of para-hydroxylation sites is 1. The van der Waals surface area contributed by atoms with Gasteiger partial charge in [-0.25, -0.2) is 4.79 Å². The minimum absolute atomic E-state index is 0.281. The third-order valence-corrected chi connectivity index (χ3v) is 3.23. The van der Waals surface area contributed by atoms with E-state index in [1.807, 2.05) is 0 Å². The van der Waals surface area contributed by atoms with Crippen molar-refractivity contribution in [2.75, 3.05) is 26.6 Å². The highest BCUT2D eigenvalue weighted by atomic mass is 16.5. The molecule has 120 valence electrons. The molecule has 2 aromatic carbocycles. The van der Waals surface area contributed by atoms with Gasteiger partial charge in [-0.2, -0.15) is 0 Å². The summed E-state index contributed by atoms with van der Waals surface area (Å²) < 4.78 is 15.0. The normalized spacial score (nSPS) is 9.87. The van der Waals surface area contributed by atoms with Gasteiger partial charge in [-0.15, -0.1) is 0 Å². The van der Waals surface area contributed by atoms with E-state index >= 15 is 0 Å². The number of esters is 1. The lowest BCUT2D eigenvalue weighted by atomic mass is 10.1. The number of anilines is 1. The Morgan fingerprint density at radius 3 is 2.26 bits per heavy atom. The Bertz CT molecular complexity index is 727. The van der Waals surface area contributed by atoms with E-state index in [1.165, 1.54) is 21.3 Å². The van der Waals surface area contributed by atoms with Gasteiger partial charge in [-0.3, -0.25) is 4.79 Å². The first-order chi connectivity index (χ1) is 11.1. The minimum Gasteiger partial charge on any atom is -0.493 e. The van der Waals surface area contributed by atoms with Crippen LogP contribution in [0.2, 0.25) is 0 Å². The molecule has 0 heterocycles. The van der Waals surface area contributed by atoms with Crippen LogP contribution in [-0.4, -0.2) is 33.2 Å². The molecule has 0 aromatic heterocycles. The molecule has 6 heteroatoms. The standard InChI is InChI=1S/C17H17NO5/c1-21-14-9-8-11(10-15(14)22-2)16(19)18-13-7-5-4-6-12(13)17(20)23-3/h4-10H,1-3H3,(H,18,19). The summed E-state index contributed by atoms with van der Waals surface area (Å²) in [6.45, 7) is 0. The number of amides is 1. The Balaban J connectivity index is 2.28. The summed E-state index contributed by atoms with van der Waals surface area (Å²) in [4.78, 5) is 24.1. The molecule has 0 saturated heterocycles. The Labute approximate surface area is 134 Å². The molecular formula is C17H17NO5. The summed E-state index contributed by atoms with van der Waals surface area (Å²) in [6, 6.07) is 11.4. The molecule has 0 aliphatic carbocycles. The van der Waals surface area contributed by atoms with Crippen LogP contribution >= 0.6 is 0 Å². The molecule has 0 spiro atoms. The first-order valence-electron chi connectivity index (χ1n) is 6.81. The molecule has 0 aliphatic rings. The van der Waals surface area contributed by atoms with E-state index in [9.17, 15) is 9.59 Å². The van der Waals surface area contributed by atoms with E-state index in [2.05, 4.69) is 5.32 Å². The zero-order valence-electron chi connectivity index (χ0n) is 13.1. The van der Waals surface area contributed by atoms with Crippen LogP contribution in [0, 0.1) is 0 Å². The molecule has 1 amide bonds. The molecule has 0 bridgehead atoms. The molecule has 23 heavy (non-hydrogen) atoms. The maximum absolute atomic E-state index is 12.4. The molecule has 0 aliphatic heterocycles. The fourth-order valence-corrected chi connectivity index (χ4v) is 2.05. The molecule has 0 saturated carbocycles. The molecule has 1 N–H and O–H groups in total. The monoisotopic (exact) mass is 315 g/mol. The van der Waals surface area contributed by atoms with Crippen molar-refractivity contribution in [2.24, 2.45) is 0 Å². The van der Waals surface area contributed by atoms with Gasteiger partial charge in [0.15, 0.2) is 11.5 Å². The summed E-state index contributed by atoms with van der Waals surface area (Å²) in [6.07, 6.45) is 0. The average Bonchev–Trinajstić information content (AvgIpc) is 2.60. The Morgan fingerprint density at radius 1 is 0.913 bits per heavy atom. The summed E-state index contributed by atoms with van der Waals surface area (Å²) in [5, 5.41) is 2.69. The smallest absolute Gasteiger partial charge is 0.339 e. The van der Waals surface area contributed by atoms with Gasteiger partial charge in [0.25, 0.3) is 5.91 Å². The second kappa shape index (κ2) is 7.31. The van der Waals surface area contributed by atoms with Crippen molar-refractivity contribution < 1.29 is 23.8 Å². The Hall–Kier alpha value is -3.02. The van der Waals surface area contributed by atoms with E-state index < -0.39 is 5.97 Å². The quantitative estimate of drug-likeness (QED) is 0.859. The lowest BCUT2D eigenvalue weighted by Crippen LogP contribution is -2.15. The minimum atomic E-state index is -0.520. The third-order valence-electron chi connectivity index (χ3n) is 3.23. The van der Waals surface area contributed by atoms with Crippen molar-refractivity contribution >= 4 is 17.6 Å². The number of benzene rings is 2. The lowest BCUT2D eigenvalue weighted by molar-refractivity contribution is 0.0602. The molecule has 0 fully saturated rings. The average molecular weight is 315 g/mol. The SMILES string of the molecule is COC(=O)c1ccccc1NC(=O)c1ccc(OC)c(OC)c1. The zero-order chi connectivity index (χ0) is 16.8. The van der Waals surface area contributed by atoms with Crippen LogP contribution in [-0.2, 0) is 4.74 Å². The summed E-state index contributed by atoms with van der Waals surface area (Å²) in [5.74, 6) is 0.0796. The number of rotatable bonds is 5. The molecule has 0 unspecified atom stereocenters. The maximum atomic E-state index is 12.4. The number of methoxy groups -OCH3 is 3. The van der Waals surface area contributed by atoms with Gasteiger partial charge < -0.3 is 19.5 Å². The summed E-state index contributed by atoms with van der Waals surface area (Å²) in [5.41, 5.74) is 1.03. The number of hydrogen-bond acceptors (Lipinski definition) is 5. The predicted molar refractivity (Wildman–Crippen MR) is 85.3 cm³/mol. The van der Waals surface area contributed by atoms with E-state index in [1.54, 1.807) is 42.5 Å². The highest BCUT2D eigenvalue weighted by molar-refractivity contribution is 6.08. The Kier molecular flexibility index (Phi) is 5.19. The van der Waals surface area contributed by atoms with E-state index in [-0.39, 0.29) is 11.5 Å². The maximum Gasteiger partial charge on any atom is 0.339 e. The highest BCUT2D eigenvalue weighted by Gasteiger charge is 2.15. The fourth-order valence-electron chi connectivity index (χ4n) is 2.05. The van der Waals surface area contributed by atoms with Gasteiger partial charge in [0, 0.05) is 5.56 Å². The molecule has 2 aromatic rings. The Morgan fingerprint density at radius 2 is 1.61 bits per heavy atom. The van der Waals surface area contributed by atoms with Gasteiger partial charge >= 0.3 is 5.97 Å². The first kappa shape index (κ1) is 16.4. The lowest BCUT2D eigenvalue weighted by Gasteiger charge is -2.11. The second-order valence-corrected chi connectivity index (χ2v) is 4.56. The molecule has 2 rings (SSSR count). The van der Waals surface area contributed by atoms with Crippen LogP contribution < -0.4 is 14.8 Å². The van der Waals surface area contributed by atoms with Gasteiger partial charge in [-0.1, -0.05) is 12.1 Å². The van der Waals surface area contributed by atoms with Crippen LogP contribution in [0.4, 0.5) is 5.69 Å². The number of hydrogen-bond donors (Lipinski definition) is 1. The third kappa shape index (κ3) is 3.60. The van der Waals surface area contributed by atoms with Gasteiger partial charge in [0.05, 0.1) is 32.6 Å². The van der Waals surface area contributed by atoms with Crippen molar-refractivity contribution in [3.8, 4) is 11.5 Å². The number of carbonyl (C=O) groups is 2. The highest BCUT2D eigenvalue weighted by Crippen LogP contribution is 2.28.